The van der Waals surface area contributed by atoms with Crippen molar-refractivity contribution in [3.05, 3.63) is 53.5 Å². The summed E-state index contributed by atoms with van der Waals surface area (Å²) in [5, 5.41) is 0. The molecule has 4 nitrogen and oxygen atoms in total. The number of thiazole rings is 1. The number of nitrogens with one attached hydrogen (secondary N) is 1. The number of benzene rings is 2. The fourth-order valence-corrected chi connectivity index (χ4v) is 5.70. The Kier molecular flexibility index (Phi) is 6.26. The van der Waals surface area contributed by atoms with Crippen LogP contribution in [0.5, 0.6) is 0 Å². The molecule has 0 spiro atoms. The fraction of sp³-hybridized carbons (Fsp3) is 0.417. The second kappa shape index (κ2) is 8.79. The van der Waals surface area contributed by atoms with Gasteiger partial charge in [-0.05, 0) is 73.0 Å². The predicted molar refractivity (Wildman–Crippen MR) is 129 cm³/mol. The van der Waals surface area contributed by atoms with Crippen LogP contribution in [0.1, 0.15) is 50.4 Å². The Morgan fingerprint density at radius 1 is 1.19 bits per heavy atom. The van der Waals surface area contributed by atoms with Crippen molar-refractivity contribution in [2.45, 2.75) is 50.6 Å². The minimum absolute atomic E-state index is 0.0238. The Bertz CT molecular complexity index is 1050. The van der Waals surface area contributed by atoms with Gasteiger partial charge in [0.2, 0.25) is 0 Å². The second-order valence-corrected chi connectivity index (χ2v) is 11.2. The van der Waals surface area contributed by atoms with E-state index >= 15 is 4.39 Å². The highest BCUT2D eigenvalue weighted by Gasteiger charge is 2.39. The summed E-state index contributed by atoms with van der Waals surface area (Å²) in [7, 11) is 0. The lowest BCUT2D eigenvalue weighted by Gasteiger charge is -2.39. The zero-order chi connectivity index (χ0) is 22.1. The summed E-state index contributed by atoms with van der Waals surface area (Å²) in [6, 6.07) is 13.6. The smallest absolute Gasteiger partial charge is 0.253 e. The van der Waals surface area contributed by atoms with E-state index in [9.17, 15) is 4.79 Å². The van der Waals surface area contributed by atoms with E-state index in [1.807, 2.05) is 41.9 Å². The van der Waals surface area contributed by atoms with Gasteiger partial charge in [0.05, 0.1) is 20.6 Å². The number of alkyl halides is 1. The highest BCUT2D eigenvalue weighted by atomic mass is 32.2. The van der Waals surface area contributed by atoms with E-state index in [2.05, 4.69) is 36.5 Å². The number of rotatable bonds is 5. The molecule has 31 heavy (non-hydrogen) atoms. The topological polar surface area (TPSA) is 45.2 Å². The molecule has 164 valence electrons. The zero-order valence-electron chi connectivity index (χ0n) is 18.2. The van der Waals surface area contributed by atoms with E-state index in [1.165, 1.54) is 11.9 Å². The molecule has 2 heterocycles. The number of fused-ring (bicyclic) bond motifs is 1. The van der Waals surface area contributed by atoms with Crippen LogP contribution in [0.2, 0.25) is 0 Å². The standard InChI is InChI=1S/C24H28FN3OS2/c1-23(2,3)15-24(25)11-13-28(14-12-24)22(29)17-7-9-18(10-8-17)27-31-20-6-4-5-19-21(20)26-16-30-19/h4-10,16,27H,11-15H2,1-3H3. The second-order valence-electron chi connectivity index (χ2n) is 9.42. The van der Waals surface area contributed by atoms with E-state index < -0.39 is 5.67 Å². The van der Waals surface area contributed by atoms with E-state index in [-0.39, 0.29) is 11.3 Å². The third-order valence-corrected chi connectivity index (χ3v) is 7.21. The van der Waals surface area contributed by atoms with Gasteiger partial charge in [-0.15, -0.1) is 11.3 Å². The first kappa shape index (κ1) is 22.1. The predicted octanol–water partition coefficient (Wildman–Crippen LogP) is 6.80. The third kappa shape index (κ3) is 5.39. The Morgan fingerprint density at radius 3 is 2.58 bits per heavy atom. The number of hydrogen-bond donors (Lipinski definition) is 1. The lowest BCUT2D eigenvalue weighted by Crippen LogP contribution is -2.45. The lowest BCUT2D eigenvalue weighted by molar-refractivity contribution is 0.0226. The number of hydrogen-bond acceptors (Lipinski definition) is 5. The Labute approximate surface area is 191 Å². The van der Waals surface area contributed by atoms with Crippen LogP contribution in [0.3, 0.4) is 0 Å². The molecule has 1 fully saturated rings. The highest BCUT2D eigenvalue weighted by Crippen LogP contribution is 2.38. The number of carbonyl (C=O) groups excluding carboxylic acids is 1. The molecule has 0 bridgehead atoms. The van der Waals surface area contributed by atoms with Crippen molar-refractivity contribution in [3.8, 4) is 0 Å². The van der Waals surface area contributed by atoms with Crippen LogP contribution in [0.15, 0.2) is 52.9 Å². The summed E-state index contributed by atoms with van der Waals surface area (Å²) in [5.74, 6) is -0.0238. The maximum Gasteiger partial charge on any atom is 0.253 e. The van der Waals surface area contributed by atoms with E-state index in [1.54, 1.807) is 16.2 Å². The molecule has 0 saturated carbocycles. The number of para-hydroxylation sites is 1. The molecule has 1 amide bonds. The van der Waals surface area contributed by atoms with Crippen molar-refractivity contribution in [1.82, 2.24) is 9.88 Å². The molecule has 2 aromatic carbocycles. The molecule has 0 atom stereocenters. The quantitative estimate of drug-likeness (QED) is 0.428. The number of halogens is 1. The summed E-state index contributed by atoms with van der Waals surface area (Å²) < 4.78 is 19.6. The first-order valence-electron chi connectivity index (χ1n) is 10.6. The molecule has 1 aromatic heterocycles. The maximum atomic E-state index is 15.1. The van der Waals surface area contributed by atoms with Gasteiger partial charge in [-0.2, -0.15) is 0 Å². The minimum atomic E-state index is -1.17. The summed E-state index contributed by atoms with van der Waals surface area (Å²) in [5.41, 5.74) is 3.19. The Hall–Kier alpha value is -2.12. The Morgan fingerprint density at radius 2 is 1.90 bits per heavy atom. The van der Waals surface area contributed by atoms with Crippen molar-refractivity contribution in [3.63, 3.8) is 0 Å². The monoisotopic (exact) mass is 457 g/mol. The van der Waals surface area contributed by atoms with Crippen molar-refractivity contribution in [2.24, 2.45) is 5.41 Å². The van der Waals surface area contributed by atoms with Crippen LogP contribution in [-0.4, -0.2) is 34.5 Å². The van der Waals surface area contributed by atoms with Gasteiger partial charge in [-0.3, -0.25) is 4.79 Å². The van der Waals surface area contributed by atoms with Gasteiger partial charge >= 0.3 is 0 Å². The van der Waals surface area contributed by atoms with Crippen LogP contribution in [0.4, 0.5) is 10.1 Å². The molecular weight excluding hydrogens is 429 g/mol. The van der Waals surface area contributed by atoms with Crippen molar-refractivity contribution < 1.29 is 9.18 Å². The van der Waals surface area contributed by atoms with Crippen molar-refractivity contribution in [1.29, 1.82) is 0 Å². The van der Waals surface area contributed by atoms with Crippen LogP contribution >= 0.6 is 23.3 Å². The highest BCUT2D eigenvalue weighted by molar-refractivity contribution is 8.00. The van der Waals surface area contributed by atoms with E-state index in [0.717, 1.165) is 20.8 Å². The van der Waals surface area contributed by atoms with E-state index in [4.69, 9.17) is 0 Å². The molecule has 0 aliphatic carbocycles. The van der Waals surface area contributed by atoms with Crippen LogP contribution in [-0.2, 0) is 0 Å². The maximum absolute atomic E-state index is 15.1. The van der Waals surface area contributed by atoms with Crippen molar-refractivity contribution >= 4 is 45.1 Å². The largest absolute Gasteiger partial charge is 0.338 e. The minimum Gasteiger partial charge on any atom is -0.338 e. The summed E-state index contributed by atoms with van der Waals surface area (Å²) in [4.78, 5) is 20.1. The molecule has 0 radical (unpaired) electrons. The van der Waals surface area contributed by atoms with Crippen LogP contribution < -0.4 is 4.72 Å². The SMILES string of the molecule is CC(C)(C)CC1(F)CCN(C(=O)c2ccc(NSc3cccc4scnc34)cc2)CC1. The van der Waals surface area contributed by atoms with Gasteiger partial charge in [0.25, 0.3) is 5.91 Å². The first-order valence-corrected chi connectivity index (χ1v) is 12.3. The van der Waals surface area contributed by atoms with Gasteiger partial charge in [-0.1, -0.05) is 26.8 Å². The fourth-order valence-electron chi connectivity index (χ4n) is 4.16. The van der Waals surface area contributed by atoms with Gasteiger partial charge < -0.3 is 9.62 Å². The molecule has 0 unspecified atom stereocenters. The molecule has 1 aliphatic rings. The molecule has 1 saturated heterocycles. The molecule has 1 N–H and O–H groups in total. The number of carbonyl (C=O) groups is 1. The normalized spacial score (nSPS) is 16.5. The third-order valence-electron chi connectivity index (χ3n) is 5.53. The average Bonchev–Trinajstić information content (AvgIpc) is 3.20. The Balaban J connectivity index is 1.34. The molecule has 3 aromatic rings. The van der Waals surface area contributed by atoms with Crippen molar-refractivity contribution in [2.75, 3.05) is 17.8 Å². The number of piperidine rings is 1. The zero-order valence-corrected chi connectivity index (χ0v) is 19.8. The van der Waals surface area contributed by atoms with Crippen LogP contribution in [0, 0.1) is 5.41 Å². The first-order chi connectivity index (χ1) is 14.7. The summed E-state index contributed by atoms with van der Waals surface area (Å²) >= 11 is 3.14. The van der Waals surface area contributed by atoms with Gasteiger partial charge in [0, 0.05) is 24.3 Å². The number of likely N-dealkylation sites (tertiary alicyclic amines) is 1. The molecule has 1 aliphatic heterocycles. The number of aromatic nitrogens is 1. The molecule has 7 heteroatoms. The van der Waals surface area contributed by atoms with Gasteiger partial charge in [0.15, 0.2) is 0 Å². The lowest BCUT2D eigenvalue weighted by atomic mass is 9.78. The summed E-state index contributed by atoms with van der Waals surface area (Å²) in [6.45, 7) is 7.14. The summed E-state index contributed by atoms with van der Waals surface area (Å²) in [6.07, 6.45) is 1.36. The van der Waals surface area contributed by atoms with Gasteiger partial charge in [-0.25, -0.2) is 9.37 Å². The molecule has 4 rings (SSSR count). The van der Waals surface area contributed by atoms with E-state index in [0.29, 0.717) is 37.9 Å². The number of amides is 1. The molecular formula is C24H28FN3OS2. The van der Waals surface area contributed by atoms with Gasteiger partial charge in [0.1, 0.15) is 5.67 Å². The number of anilines is 1. The van der Waals surface area contributed by atoms with Crippen LogP contribution in [0.25, 0.3) is 10.2 Å². The average molecular weight is 458 g/mol. The number of nitrogens with zero attached hydrogens (tertiary/aromatic N) is 2.